The highest BCUT2D eigenvalue weighted by molar-refractivity contribution is 7.92. The van der Waals surface area contributed by atoms with Crippen LogP contribution in [0.15, 0.2) is 59.5 Å². The third-order valence-corrected chi connectivity index (χ3v) is 5.35. The SMILES string of the molecule is COc1ccc(S(=O)(=O)[C@@H](Cc2ccccc2)C(=O)O)cc1. The first-order valence-electron chi connectivity index (χ1n) is 6.60. The summed E-state index contributed by atoms with van der Waals surface area (Å²) >= 11 is 0. The van der Waals surface area contributed by atoms with E-state index in [2.05, 4.69) is 0 Å². The van der Waals surface area contributed by atoms with Gasteiger partial charge in [-0.05, 0) is 29.8 Å². The molecule has 2 rings (SSSR count). The number of aliphatic carboxylic acids is 1. The number of rotatable bonds is 6. The van der Waals surface area contributed by atoms with Crippen LogP contribution in [-0.2, 0) is 21.1 Å². The highest BCUT2D eigenvalue weighted by Crippen LogP contribution is 2.22. The maximum absolute atomic E-state index is 12.6. The standard InChI is InChI=1S/C16H16O5S/c1-21-13-7-9-14(10-8-13)22(19,20)15(16(17)18)11-12-5-3-2-4-6-12/h2-10,15H,11H2,1H3,(H,17,18)/t15-/m0/s1. The van der Waals surface area contributed by atoms with Crippen molar-refractivity contribution in [3.8, 4) is 5.75 Å². The molecule has 0 fully saturated rings. The van der Waals surface area contributed by atoms with Crippen LogP contribution < -0.4 is 4.74 Å². The van der Waals surface area contributed by atoms with Gasteiger partial charge in [-0.3, -0.25) is 4.79 Å². The Morgan fingerprint density at radius 2 is 1.68 bits per heavy atom. The van der Waals surface area contributed by atoms with Crippen LogP contribution in [0.2, 0.25) is 0 Å². The van der Waals surface area contributed by atoms with Crippen molar-refractivity contribution in [2.45, 2.75) is 16.6 Å². The highest BCUT2D eigenvalue weighted by atomic mass is 32.2. The Hall–Kier alpha value is -2.34. The number of hydrogen-bond donors (Lipinski definition) is 1. The summed E-state index contributed by atoms with van der Waals surface area (Å²) in [5.74, 6) is -0.853. The van der Waals surface area contributed by atoms with E-state index >= 15 is 0 Å². The van der Waals surface area contributed by atoms with Crippen LogP contribution >= 0.6 is 0 Å². The lowest BCUT2D eigenvalue weighted by atomic mass is 10.1. The van der Waals surface area contributed by atoms with Crippen LogP contribution in [0.3, 0.4) is 0 Å². The van der Waals surface area contributed by atoms with E-state index in [0.717, 1.165) is 0 Å². The summed E-state index contributed by atoms with van der Waals surface area (Å²) in [4.78, 5) is 11.4. The number of benzene rings is 2. The first-order chi connectivity index (χ1) is 10.4. The molecule has 1 atom stereocenters. The molecule has 0 bridgehead atoms. The van der Waals surface area contributed by atoms with Crippen LogP contribution in [0, 0.1) is 0 Å². The predicted octanol–water partition coefficient (Wildman–Crippen LogP) is 2.16. The van der Waals surface area contributed by atoms with Crippen LogP contribution in [0.1, 0.15) is 5.56 Å². The molecule has 2 aromatic rings. The highest BCUT2D eigenvalue weighted by Gasteiger charge is 2.34. The van der Waals surface area contributed by atoms with Crippen LogP contribution in [0.5, 0.6) is 5.75 Å². The second-order valence-corrected chi connectivity index (χ2v) is 6.87. The van der Waals surface area contributed by atoms with E-state index in [-0.39, 0.29) is 11.3 Å². The third kappa shape index (κ3) is 3.46. The molecule has 0 heterocycles. The molecule has 6 heteroatoms. The average molecular weight is 320 g/mol. The molecule has 0 saturated carbocycles. The predicted molar refractivity (Wildman–Crippen MR) is 81.7 cm³/mol. The van der Waals surface area contributed by atoms with E-state index in [9.17, 15) is 18.3 Å². The van der Waals surface area contributed by atoms with Gasteiger partial charge >= 0.3 is 5.97 Å². The first kappa shape index (κ1) is 16.0. The lowest BCUT2D eigenvalue weighted by Crippen LogP contribution is -2.32. The van der Waals surface area contributed by atoms with Crippen molar-refractivity contribution >= 4 is 15.8 Å². The van der Waals surface area contributed by atoms with E-state index in [1.807, 2.05) is 0 Å². The van der Waals surface area contributed by atoms with Crippen molar-refractivity contribution in [1.29, 1.82) is 0 Å². The Balaban J connectivity index is 2.35. The molecule has 0 aliphatic heterocycles. The molecule has 22 heavy (non-hydrogen) atoms. The van der Waals surface area contributed by atoms with Gasteiger partial charge in [-0.25, -0.2) is 8.42 Å². The lowest BCUT2D eigenvalue weighted by molar-refractivity contribution is -0.136. The van der Waals surface area contributed by atoms with E-state index in [4.69, 9.17) is 4.74 Å². The number of sulfone groups is 1. The fraction of sp³-hybridized carbons (Fsp3) is 0.188. The summed E-state index contributed by atoms with van der Waals surface area (Å²) in [6.07, 6.45) is -0.0788. The quantitative estimate of drug-likeness (QED) is 0.882. The lowest BCUT2D eigenvalue weighted by Gasteiger charge is -2.14. The molecule has 5 nitrogen and oxygen atoms in total. The van der Waals surface area contributed by atoms with Gasteiger partial charge < -0.3 is 9.84 Å². The molecule has 0 spiro atoms. The van der Waals surface area contributed by atoms with Gasteiger partial charge in [0.05, 0.1) is 12.0 Å². The molecule has 0 amide bonds. The fourth-order valence-corrected chi connectivity index (χ4v) is 3.61. The summed E-state index contributed by atoms with van der Waals surface area (Å²) < 4.78 is 30.1. The fourth-order valence-electron chi connectivity index (χ4n) is 2.09. The van der Waals surface area contributed by atoms with Gasteiger partial charge in [0.2, 0.25) is 0 Å². The van der Waals surface area contributed by atoms with Crippen LogP contribution in [-0.4, -0.2) is 31.9 Å². The number of carboxylic acids is 1. The monoisotopic (exact) mass is 320 g/mol. The zero-order chi connectivity index (χ0) is 16.2. The Morgan fingerprint density at radius 3 is 2.18 bits per heavy atom. The Morgan fingerprint density at radius 1 is 1.09 bits per heavy atom. The summed E-state index contributed by atoms with van der Waals surface area (Å²) in [5.41, 5.74) is 0.659. The van der Waals surface area contributed by atoms with Gasteiger partial charge in [0.1, 0.15) is 5.75 Å². The minimum absolute atomic E-state index is 0.0309. The van der Waals surface area contributed by atoms with Gasteiger partial charge in [-0.1, -0.05) is 30.3 Å². The van der Waals surface area contributed by atoms with E-state index in [1.165, 1.54) is 31.4 Å². The van der Waals surface area contributed by atoms with Gasteiger partial charge in [-0.15, -0.1) is 0 Å². The van der Waals surface area contributed by atoms with Crippen molar-refractivity contribution in [3.05, 3.63) is 60.2 Å². The molecule has 116 valence electrons. The number of ether oxygens (including phenoxy) is 1. The molecule has 0 unspecified atom stereocenters. The van der Waals surface area contributed by atoms with Crippen molar-refractivity contribution in [1.82, 2.24) is 0 Å². The normalized spacial score (nSPS) is 12.6. The van der Waals surface area contributed by atoms with Crippen LogP contribution in [0.4, 0.5) is 0 Å². The Kier molecular flexibility index (Phi) is 4.82. The van der Waals surface area contributed by atoms with Gasteiger partial charge in [-0.2, -0.15) is 0 Å². The minimum atomic E-state index is -3.98. The zero-order valence-electron chi connectivity index (χ0n) is 12.0. The van der Waals surface area contributed by atoms with Crippen molar-refractivity contribution < 1.29 is 23.1 Å². The topological polar surface area (TPSA) is 80.7 Å². The van der Waals surface area contributed by atoms with Crippen molar-refractivity contribution in [2.75, 3.05) is 7.11 Å². The third-order valence-electron chi connectivity index (χ3n) is 3.30. The molecular weight excluding hydrogens is 304 g/mol. The van der Waals surface area contributed by atoms with Gasteiger partial charge in [0.15, 0.2) is 15.1 Å². The van der Waals surface area contributed by atoms with E-state index < -0.39 is 21.1 Å². The maximum Gasteiger partial charge on any atom is 0.322 e. The molecule has 1 N–H and O–H groups in total. The number of methoxy groups -OCH3 is 1. The second kappa shape index (κ2) is 6.62. The van der Waals surface area contributed by atoms with Crippen LogP contribution in [0.25, 0.3) is 0 Å². The van der Waals surface area contributed by atoms with Gasteiger partial charge in [0, 0.05) is 6.42 Å². The molecule has 0 saturated heterocycles. The Bertz CT molecular complexity index is 736. The zero-order valence-corrected chi connectivity index (χ0v) is 12.8. The molecule has 0 aliphatic rings. The molecule has 0 aromatic heterocycles. The van der Waals surface area contributed by atoms with E-state index in [1.54, 1.807) is 30.3 Å². The summed E-state index contributed by atoms with van der Waals surface area (Å²) in [6, 6.07) is 14.4. The van der Waals surface area contributed by atoms with Crippen molar-refractivity contribution in [3.63, 3.8) is 0 Å². The second-order valence-electron chi connectivity index (χ2n) is 4.74. The molecule has 0 aliphatic carbocycles. The maximum atomic E-state index is 12.6. The molecule has 2 aromatic carbocycles. The molecule has 0 radical (unpaired) electrons. The first-order valence-corrected chi connectivity index (χ1v) is 8.14. The molecular formula is C16H16O5S. The smallest absolute Gasteiger partial charge is 0.322 e. The number of hydrogen-bond acceptors (Lipinski definition) is 4. The Labute approximate surface area is 129 Å². The number of carboxylic acid groups (broad SMARTS) is 1. The summed E-state index contributed by atoms with van der Waals surface area (Å²) in [6.45, 7) is 0. The van der Waals surface area contributed by atoms with Crippen molar-refractivity contribution in [2.24, 2.45) is 0 Å². The average Bonchev–Trinajstić information content (AvgIpc) is 2.53. The number of carbonyl (C=O) groups is 1. The largest absolute Gasteiger partial charge is 0.497 e. The van der Waals surface area contributed by atoms with E-state index in [0.29, 0.717) is 11.3 Å². The minimum Gasteiger partial charge on any atom is -0.497 e. The van der Waals surface area contributed by atoms with Gasteiger partial charge in [0.25, 0.3) is 0 Å². The summed E-state index contributed by atoms with van der Waals surface area (Å²) in [5, 5.41) is 7.80. The summed E-state index contributed by atoms with van der Waals surface area (Å²) in [7, 11) is -2.51.